The topological polar surface area (TPSA) is 36.4 Å². The minimum Gasteiger partial charge on any atom is -0.392 e. The predicted octanol–water partition coefficient (Wildman–Crippen LogP) is 6.63. The Bertz CT molecular complexity index is 798. The molecule has 6 heteroatoms. The Morgan fingerprint density at radius 2 is 1.90 bits per heavy atom. The molecule has 0 amide bonds. The largest absolute Gasteiger partial charge is 0.392 e. The number of nitrogens with zero attached hydrogens (tertiary/aromatic N) is 2. The van der Waals surface area contributed by atoms with E-state index in [0.717, 1.165) is 35.7 Å². The van der Waals surface area contributed by atoms with Gasteiger partial charge in [0.2, 0.25) is 0 Å². The molecule has 1 aliphatic heterocycles. The van der Waals surface area contributed by atoms with Crippen LogP contribution in [0, 0.1) is 0 Å². The van der Waals surface area contributed by atoms with Crippen LogP contribution in [0.4, 0.5) is 0 Å². The molecule has 1 N–H and O–H groups in total. The number of hydrogen-bond donors (Lipinski definition) is 1. The molecule has 1 aromatic rings. The maximum Gasteiger partial charge on any atom is 0.0701 e. The first kappa shape index (κ1) is 25.6. The second kappa shape index (κ2) is 13.7. The van der Waals surface area contributed by atoms with Crippen molar-refractivity contribution in [2.24, 2.45) is 0 Å². The zero-order valence-electron chi connectivity index (χ0n) is 17.6. The standard InChI is InChI=1S/C21H24Cl2N2OS.C2H6/c1-4-18(22)11-19(23)7-10-27-21-13-25(12-17-5-8-24-9-6-17)16(3)20(14-26)15(21)2;1-2/h4-9,11,26H,1,10,12-14H2,2-3H3;1-2H3/b18-11+,19-7+;. The molecular weight excluding hydrogens is 423 g/mol. The summed E-state index contributed by atoms with van der Waals surface area (Å²) in [5, 5.41) is 11.0. The Balaban J connectivity index is 0.00000204. The van der Waals surface area contributed by atoms with Crippen LogP contribution in [0.2, 0.25) is 0 Å². The van der Waals surface area contributed by atoms with Crippen molar-refractivity contribution in [3.8, 4) is 0 Å². The molecule has 2 heterocycles. The molecule has 0 saturated heterocycles. The number of aliphatic hydroxyl groups excluding tert-OH is 1. The van der Waals surface area contributed by atoms with Crippen molar-refractivity contribution in [1.29, 1.82) is 0 Å². The smallest absolute Gasteiger partial charge is 0.0701 e. The number of rotatable bonds is 8. The number of thioether (sulfide) groups is 1. The lowest BCUT2D eigenvalue weighted by atomic mass is 10.0. The summed E-state index contributed by atoms with van der Waals surface area (Å²) in [4.78, 5) is 7.60. The summed E-state index contributed by atoms with van der Waals surface area (Å²) in [6.07, 6.45) is 8.76. The van der Waals surface area contributed by atoms with Gasteiger partial charge >= 0.3 is 0 Å². The molecule has 158 valence electrons. The number of aromatic nitrogens is 1. The van der Waals surface area contributed by atoms with Crippen molar-refractivity contribution < 1.29 is 5.11 Å². The predicted molar refractivity (Wildman–Crippen MR) is 129 cm³/mol. The molecule has 0 radical (unpaired) electrons. The molecule has 0 fully saturated rings. The maximum atomic E-state index is 9.87. The lowest BCUT2D eigenvalue weighted by Gasteiger charge is -2.34. The molecule has 1 aromatic heterocycles. The number of hydrogen-bond acceptors (Lipinski definition) is 4. The van der Waals surface area contributed by atoms with Gasteiger partial charge in [0.1, 0.15) is 0 Å². The lowest BCUT2D eigenvalue weighted by molar-refractivity contribution is 0.309. The summed E-state index contributed by atoms with van der Waals surface area (Å²) in [7, 11) is 0. The highest BCUT2D eigenvalue weighted by molar-refractivity contribution is 8.03. The fourth-order valence-electron chi connectivity index (χ4n) is 2.78. The van der Waals surface area contributed by atoms with Gasteiger partial charge in [0.25, 0.3) is 0 Å². The molecular formula is C23H30Cl2N2OS. The van der Waals surface area contributed by atoms with Gasteiger partial charge in [-0.25, -0.2) is 0 Å². The quantitative estimate of drug-likeness (QED) is 0.449. The minimum absolute atomic E-state index is 0.0306. The number of pyridine rings is 1. The average molecular weight is 453 g/mol. The Hall–Kier alpha value is -1.46. The van der Waals surface area contributed by atoms with Crippen molar-refractivity contribution in [1.82, 2.24) is 9.88 Å². The molecule has 2 rings (SSSR count). The number of aliphatic hydroxyl groups is 1. The molecule has 0 bridgehead atoms. The Labute approximate surface area is 189 Å². The Kier molecular flexibility index (Phi) is 12.1. The van der Waals surface area contributed by atoms with Gasteiger partial charge in [0.15, 0.2) is 0 Å². The first-order chi connectivity index (χ1) is 14.0. The van der Waals surface area contributed by atoms with Crippen LogP contribution >= 0.6 is 35.0 Å². The second-order valence-electron chi connectivity index (χ2n) is 6.12. The summed E-state index contributed by atoms with van der Waals surface area (Å²) >= 11 is 13.8. The fraction of sp³-hybridized carbons (Fsp3) is 0.348. The Morgan fingerprint density at radius 3 is 2.48 bits per heavy atom. The van der Waals surface area contributed by atoms with Gasteiger partial charge in [-0.3, -0.25) is 4.98 Å². The molecule has 0 spiro atoms. The van der Waals surface area contributed by atoms with E-state index >= 15 is 0 Å². The van der Waals surface area contributed by atoms with Crippen molar-refractivity contribution in [3.05, 3.63) is 86.7 Å². The second-order valence-corrected chi connectivity index (χ2v) is 8.10. The van der Waals surface area contributed by atoms with Crippen LogP contribution in [-0.4, -0.2) is 33.9 Å². The molecule has 3 nitrogen and oxygen atoms in total. The first-order valence-electron chi connectivity index (χ1n) is 9.59. The van der Waals surface area contributed by atoms with Gasteiger partial charge in [0, 0.05) is 57.5 Å². The zero-order valence-corrected chi connectivity index (χ0v) is 19.9. The molecule has 0 aromatic carbocycles. The van der Waals surface area contributed by atoms with Gasteiger partial charge in [-0.05, 0) is 43.2 Å². The van der Waals surface area contributed by atoms with Crippen molar-refractivity contribution in [3.63, 3.8) is 0 Å². The van der Waals surface area contributed by atoms with Crippen LogP contribution in [0.15, 0.2) is 81.1 Å². The Morgan fingerprint density at radius 1 is 1.24 bits per heavy atom. The van der Waals surface area contributed by atoms with Crippen LogP contribution in [-0.2, 0) is 6.54 Å². The van der Waals surface area contributed by atoms with E-state index in [2.05, 4.69) is 30.3 Å². The van der Waals surface area contributed by atoms with E-state index in [1.54, 1.807) is 36.3 Å². The van der Waals surface area contributed by atoms with Crippen LogP contribution in [0.1, 0.15) is 33.3 Å². The third kappa shape index (κ3) is 8.06. The third-order valence-corrected chi connectivity index (χ3v) is 6.05. The van der Waals surface area contributed by atoms with Crippen molar-refractivity contribution in [2.75, 3.05) is 18.9 Å². The monoisotopic (exact) mass is 452 g/mol. The van der Waals surface area contributed by atoms with E-state index < -0.39 is 0 Å². The van der Waals surface area contributed by atoms with Gasteiger partial charge in [-0.2, -0.15) is 0 Å². The number of halogens is 2. The van der Waals surface area contributed by atoms with E-state index in [1.165, 1.54) is 10.5 Å². The van der Waals surface area contributed by atoms with Gasteiger partial charge < -0.3 is 10.0 Å². The normalized spacial score (nSPS) is 15.3. The summed E-state index contributed by atoms with van der Waals surface area (Å²) in [6.45, 7) is 13.4. The van der Waals surface area contributed by atoms with Crippen LogP contribution in [0.5, 0.6) is 0 Å². The molecule has 1 aliphatic rings. The molecule has 0 aliphatic carbocycles. The van der Waals surface area contributed by atoms with Crippen LogP contribution in [0.3, 0.4) is 0 Å². The molecule has 0 unspecified atom stereocenters. The van der Waals surface area contributed by atoms with Crippen molar-refractivity contribution >= 4 is 35.0 Å². The van der Waals surface area contributed by atoms with Crippen LogP contribution in [0.25, 0.3) is 0 Å². The highest BCUT2D eigenvalue weighted by atomic mass is 35.5. The summed E-state index contributed by atoms with van der Waals surface area (Å²) < 4.78 is 0. The third-order valence-electron chi connectivity index (χ3n) is 4.40. The lowest BCUT2D eigenvalue weighted by Crippen LogP contribution is -2.29. The zero-order chi connectivity index (χ0) is 21.8. The maximum absolute atomic E-state index is 9.87. The van der Waals surface area contributed by atoms with E-state index in [9.17, 15) is 5.11 Å². The van der Waals surface area contributed by atoms with Gasteiger partial charge in [-0.1, -0.05) is 55.8 Å². The number of allylic oxidation sites excluding steroid dienone is 5. The molecule has 0 saturated carbocycles. The van der Waals surface area contributed by atoms with E-state index in [-0.39, 0.29) is 6.61 Å². The fourth-order valence-corrected chi connectivity index (χ4v) is 4.29. The molecule has 0 atom stereocenters. The summed E-state index contributed by atoms with van der Waals surface area (Å²) in [6, 6.07) is 4.03. The van der Waals surface area contributed by atoms with Gasteiger partial charge in [-0.15, -0.1) is 11.8 Å². The molecule has 29 heavy (non-hydrogen) atoms. The van der Waals surface area contributed by atoms with Gasteiger partial charge in [0.05, 0.1) is 6.61 Å². The average Bonchev–Trinajstić information content (AvgIpc) is 2.73. The van der Waals surface area contributed by atoms with E-state index in [4.69, 9.17) is 23.2 Å². The minimum atomic E-state index is 0.0306. The highest BCUT2D eigenvalue weighted by Crippen LogP contribution is 2.34. The highest BCUT2D eigenvalue weighted by Gasteiger charge is 2.22. The van der Waals surface area contributed by atoms with E-state index in [1.807, 2.05) is 32.1 Å². The summed E-state index contributed by atoms with van der Waals surface area (Å²) in [5.41, 5.74) is 4.45. The van der Waals surface area contributed by atoms with E-state index in [0.29, 0.717) is 10.1 Å². The van der Waals surface area contributed by atoms with Crippen LogP contribution < -0.4 is 0 Å². The first-order valence-corrected chi connectivity index (χ1v) is 11.3. The summed E-state index contributed by atoms with van der Waals surface area (Å²) in [5.74, 6) is 0.726. The SMILES string of the molecule is C=C/C(Cl)=C\C(Cl)=C/CSC1=C(C)C(CO)=C(C)N(Cc2ccncc2)C1.CC. The van der Waals surface area contributed by atoms with Crippen molar-refractivity contribution in [2.45, 2.75) is 34.2 Å².